The predicted octanol–water partition coefficient (Wildman–Crippen LogP) is 1.67. The third-order valence-corrected chi connectivity index (χ3v) is 4.07. The van der Waals surface area contributed by atoms with Crippen molar-refractivity contribution in [2.75, 3.05) is 25.0 Å². The zero-order valence-electron chi connectivity index (χ0n) is 13.6. The summed E-state index contributed by atoms with van der Waals surface area (Å²) in [4.78, 5) is 8.35. The summed E-state index contributed by atoms with van der Waals surface area (Å²) in [5, 5.41) is 7.18. The van der Waals surface area contributed by atoms with Crippen LogP contribution in [0, 0.1) is 12.7 Å². The molecule has 0 aromatic carbocycles. The molecule has 25 heavy (non-hydrogen) atoms. The van der Waals surface area contributed by atoms with Crippen LogP contribution in [0.4, 0.5) is 10.2 Å². The fourth-order valence-corrected chi connectivity index (χ4v) is 2.87. The Labute approximate surface area is 142 Å². The number of nitrogens with two attached hydrogens (primary N) is 1. The van der Waals surface area contributed by atoms with Gasteiger partial charge in [-0.15, -0.1) is 0 Å². The molecule has 4 heterocycles. The normalized spacial score (nSPS) is 12.9. The van der Waals surface area contributed by atoms with E-state index in [1.54, 1.807) is 10.7 Å². The number of anilines is 1. The lowest BCUT2D eigenvalue weighted by Crippen LogP contribution is -2.10. The summed E-state index contributed by atoms with van der Waals surface area (Å²) in [6, 6.07) is 0. The van der Waals surface area contributed by atoms with Crippen LogP contribution >= 0.6 is 0 Å². The largest absolute Gasteiger partial charge is 0.490 e. The molecule has 1 aliphatic rings. The van der Waals surface area contributed by atoms with E-state index in [0.717, 1.165) is 5.56 Å². The van der Waals surface area contributed by atoms with Gasteiger partial charge in [-0.1, -0.05) is 0 Å². The van der Waals surface area contributed by atoms with Crippen LogP contribution in [0.2, 0.25) is 0 Å². The van der Waals surface area contributed by atoms with Crippen LogP contribution in [0.3, 0.4) is 0 Å². The highest BCUT2D eigenvalue weighted by Crippen LogP contribution is 2.35. The van der Waals surface area contributed by atoms with Crippen molar-refractivity contribution in [3.63, 3.8) is 0 Å². The Morgan fingerprint density at radius 1 is 1.36 bits per heavy atom. The molecule has 0 aliphatic carbocycles. The van der Waals surface area contributed by atoms with Gasteiger partial charge in [0.05, 0.1) is 12.4 Å². The number of rotatable bonds is 5. The summed E-state index contributed by atoms with van der Waals surface area (Å²) in [7, 11) is 0. The zero-order valence-corrected chi connectivity index (χ0v) is 13.6. The standard InChI is InChI=1S/C16H17FN6O2/c1-9-12(24-5-3-18)7-23-14(9)16(21-8-22-23)25-11-6-20-15-10(13(11)17)2-4-19-15/h6-8H,2-5,18H2,1H3,(H,19,20). The first kappa shape index (κ1) is 15.6. The Balaban J connectivity index is 1.74. The quantitative estimate of drug-likeness (QED) is 0.726. The number of aryl methyl sites for hydroxylation is 1. The molecule has 130 valence electrons. The number of aromatic nitrogens is 4. The van der Waals surface area contributed by atoms with Crippen LogP contribution in [0.15, 0.2) is 18.7 Å². The Bertz CT molecular complexity index is 942. The average Bonchev–Trinajstić information content (AvgIpc) is 3.21. The lowest BCUT2D eigenvalue weighted by Gasteiger charge is -2.09. The molecule has 0 spiro atoms. The highest BCUT2D eigenvalue weighted by Gasteiger charge is 2.22. The first-order valence-electron chi connectivity index (χ1n) is 7.94. The van der Waals surface area contributed by atoms with Gasteiger partial charge < -0.3 is 20.5 Å². The molecule has 0 saturated heterocycles. The molecular formula is C16H17FN6O2. The number of hydrogen-bond donors (Lipinski definition) is 2. The Morgan fingerprint density at radius 3 is 3.08 bits per heavy atom. The first-order valence-corrected chi connectivity index (χ1v) is 7.94. The molecular weight excluding hydrogens is 327 g/mol. The molecule has 3 aromatic heterocycles. The van der Waals surface area contributed by atoms with E-state index >= 15 is 0 Å². The fraction of sp³-hybridized carbons (Fsp3) is 0.312. The van der Waals surface area contributed by atoms with Crippen molar-refractivity contribution in [1.82, 2.24) is 19.6 Å². The van der Waals surface area contributed by atoms with Crippen molar-refractivity contribution in [3.8, 4) is 17.4 Å². The van der Waals surface area contributed by atoms with Gasteiger partial charge in [0.15, 0.2) is 11.6 Å². The van der Waals surface area contributed by atoms with Crippen molar-refractivity contribution in [1.29, 1.82) is 0 Å². The number of halogens is 1. The maximum atomic E-state index is 14.6. The number of pyridine rings is 1. The number of nitrogens with one attached hydrogen (secondary N) is 1. The van der Waals surface area contributed by atoms with Gasteiger partial charge >= 0.3 is 0 Å². The third kappa shape index (κ3) is 2.62. The number of ether oxygens (including phenoxy) is 2. The molecule has 8 nitrogen and oxygen atoms in total. The molecule has 3 N–H and O–H groups in total. The second-order valence-electron chi connectivity index (χ2n) is 5.66. The molecule has 9 heteroatoms. The van der Waals surface area contributed by atoms with E-state index in [4.69, 9.17) is 15.2 Å². The molecule has 0 atom stereocenters. The average molecular weight is 344 g/mol. The van der Waals surface area contributed by atoms with Gasteiger partial charge in [-0.25, -0.2) is 13.9 Å². The number of hydrogen-bond acceptors (Lipinski definition) is 7. The third-order valence-electron chi connectivity index (χ3n) is 4.07. The maximum Gasteiger partial charge on any atom is 0.247 e. The second-order valence-corrected chi connectivity index (χ2v) is 5.66. The molecule has 0 unspecified atom stereocenters. The monoisotopic (exact) mass is 344 g/mol. The molecule has 0 fully saturated rings. The van der Waals surface area contributed by atoms with Crippen LogP contribution in [0.5, 0.6) is 17.4 Å². The van der Waals surface area contributed by atoms with E-state index in [1.165, 1.54) is 12.5 Å². The molecule has 0 saturated carbocycles. The smallest absolute Gasteiger partial charge is 0.247 e. The molecule has 1 aliphatic heterocycles. The summed E-state index contributed by atoms with van der Waals surface area (Å²) in [6.07, 6.45) is 4.99. The van der Waals surface area contributed by atoms with Crippen molar-refractivity contribution < 1.29 is 13.9 Å². The minimum absolute atomic E-state index is 0.0353. The van der Waals surface area contributed by atoms with E-state index in [9.17, 15) is 4.39 Å². The van der Waals surface area contributed by atoms with Crippen molar-refractivity contribution >= 4 is 11.3 Å². The highest BCUT2D eigenvalue weighted by atomic mass is 19.1. The van der Waals surface area contributed by atoms with Gasteiger partial charge in [0, 0.05) is 24.2 Å². The molecule has 3 aromatic rings. The lowest BCUT2D eigenvalue weighted by atomic mass is 10.2. The SMILES string of the molecule is Cc1c(OCCN)cn2ncnc(Oc3cnc4c(c3F)CCN4)c12. The molecule has 0 bridgehead atoms. The van der Waals surface area contributed by atoms with Gasteiger partial charge in [0.25, 0.3) is 0 Å². The number of fused-ring (bicyclic) bond motifs is 2. The Hall–Kier alpha value is -2.94. The van der Waals surface area contributed by atoms with Crippen LogP contribution in [0.25, 0.3) is 5.52 Å². The van der Waals surface area contributed by atoms with Gasteiger partial charge in [0.2, 0.25) is 5.88 Å². The van der Waals surface area contributed by atoms with E-state index in [2.05, 4.69) is 20.4 Å². The van der Waals surface area contributed by atoms with Crippen molar-refractivity contribution in [2.24, 2.45) is 5.73 Å². The molecule has 0 amide bonds. The van der Waals surface area contributed by atoms with Crippen LogP contribution in [0.1, 0.15) is 11.1 Å². The minimum Gasteiger partial charge on any atom is -0.490 e. The summed E-state index contributed by atoms with van der Waals surface area (Å²) in [5.74, 6) is 1.05. The van der Waals surface area contributed by atoms with E-state index in [0.29, 0.717) is 48.8 Å². The summed E-state index contributed by atoms with van der Waals surface area (Å²) in [5.41, 5.74) is 7.40. The van der Waals surface area contributed by atoms with Gasteiger partial charge in [0.1, 0.15) is 30.0 Å². The summed E-state index contributed by atoms with van der Waals surface area (Å²) < 4.78 is 27.6. The van der Waals surface area contributed by atoms with Crippen molar-refractivity contribution in [3.05, 3.63) is 35.7 Å². The Kier molecular flexibility index (Phi) is 3.85. The summed E-state index contributed by atoms with van der Waals surface area (Å²) in [6.45, 7) is 3.32. The van der Waals surface area contributed by atoms with Crippen LogP contribution in [-0.2, 0) is 6.42 Å². The van der Waals surface area contributed by atoms with Gasteiger partial charge in [-0.05, 0) is 13.3 Å². The van der Waals surface area contributed by atoms with E-state index < -0.39 is 5.82 Å². The zero-order chi connectivity index (χ0) is 17.4. The molecule has 0 radical (unpaired) electrons. The Morgan fingerprint density at radius 2 is 2.24 bits per heavy atom. The van der Waals surface area contributed by atoms with Crippen molar-refractivity contribution in [2.45, 2.75) is 13.3 Å². The van der Waals surface area contributed by atoms with E-state index in [1.807, 2.05) is 6.92 Å². The maximum absolute atomic E-state index is 14.6. The highest BCUT2D eigenvalue weighted by molar-refractivity contribution is 5.67. The first-order chi connectivity index (χ1) is 12.2. The number of nitrogens with zero attached hydrogens (tertiary/aromatic N) is 4. The summed E-state index contributed by atoms with van der Waals surface area (Å²) >= 11 is 0. The van der Waals surface area contributed by atoms with Gasteiger partial charge in [-0.3, -0.25) is 0 Å². The van der Waals surface area contributed by atoms with Crippen LogP contribution in [-0.4, -0.2) is 39.3 Å². The van der Waals surface area contributed by atoms with E-state index in [-0.39, 0.29) is 11.6 Å². The molecule has 4 rings (SSSR count). The minimum atomic E-state index is -0.421. The lowest BCUT2D eigenvalue weighted by molar-refractivity contribution is 0.326. The van der Waals surface area contributed by atoms with Gasteiger partial charge in [-0.2, -0.15) is 10.1 Å². The predicted molar refractivity (Wildman–Crippen MR) is 88.7 cm³/mol. The fourth-order valence-electron chi connectivity index (χ4n) is 2.87. The second kappa shape index (κ2) is 6.17. The topological polar surface area (TPSA) is 99.6 Å². The van der Waals surface area contributed by atoms with Crippen LogP contribution < -0.4 is 20.5 Å².